The minimum atomic E-state index is -0.873. The number of carbonyl (C=O) groups is 3. The highest BCUT2D eigenvalue weighted by molar-refractivity contribution is 5.84. The molecule has 1 saturated carbocycles. The molecule has 1 aliphatic rings. The van der Waals surface area contributed by atoms with Crippen molar-refractivity contribution < 1.29 is 39.2 Å². The van der Waals surface area contributed by atoms with E-state index in [0.29, 0.717) is 32.1 Å². The lowest BCUT2D eigenvalue weighted by atomic mass is 9.90. The summed E-state index contributed by atoms with van der Waals surface area (Å²) in [6.45, 7) is 3.82. The number of aliphatic hydroxyl groups excluding tert-OH is 3. The number of hydrogen-bond donors (Lipinski definition) is 3. The average molecular weight is 721 g/mol. The monoisotopic (exact) mass is 721 g/mol. The highest BCUT2D eigenvalue weighted by Gasteiger charge is 2.39. The number of ether oxygens (including phenoxy) is 2. The minimum Gasteiger partial charge on any atom is -0.462 e. The van der Waals surface area contributed by atoms with Gasteiger partial charge in [-0.15, -0.1) is 0 Å². The molecule has 0 unspecified atom stereocenters. The molecule has 1 fully saturated rings. The predicted octanol–water partition coefficient (Wildman–Crippen LogP) is 9.66. The smallest absolute Gasteiger partial charge is 0.306 e. The van der Waals surface area contributed by atoms with E-state index < -0.39 is 30.9 Å². The van der Waals surface area contributed by atoms with Crippen LogP contribution in [0.1, 0.15) is 187 Å². The van der Waals surface area contributed by atoms with Crippen LogP contribution < -0.4 is 0 Å². The molecule has 0 spiro atoms. The van der Waals surface area contributed by atoms with E-state index in [4.69, 9.17) is 9.47 Å². The fourth-order valence-electron chi connectivity index (χ4n) is 6.83. The number of rotatable bonds is 34. The largest absolute Gasteiger partial charge is 0.462 e. The molecule has 51 heavy (non-hydrogen) atoms. The van der Waals surface area contributed by atoms with Gasteiger partial charge < -0.3 is 24.8 Å². The molecule has 0 aromatic rings. The molecule has 1 aliphatic carbocycles. The van der Waals surface area contributed by atoms with Crippen molar-refractivity contribution in [3.8, 4) is 0 Å². The summed E-state index contributed by atoms with van der Waals surface area (Å²) < 4.78 is 10.6. The molecule has 0 aromatic carbocycles. The van der Waals surface area contributed by atoms with E-state index in [2.05, 4.69) is 13.8 Å². The molecule has 296 valence electrons. The second-order valence-corrected chi connectivity index (χ2v) is 14.9. The number of allylic oxidation sites excluding steroid dienone is 2. The van der Waals surface area contributed by atoms with Crippen LogP contribution in [0.15, 0.2) is 24.3 Å². The van der Waals surface area contributed by atoms with E-state index in [-0.39, 0.29) is 43.0 Å². The van der Waals surface area contributed by atoms with Gasteiger partial charge in [0.05, 0.1) is 18.8 Å². The lowest BCUT2D eigenvalue weighted by molar-refractivity contribution is -0.161. The summed E-state index contributed by atoms with van der Waals surface area (Å²) in [5.41, 5.74) is 0. The standard InChI is InChI=1S/C43H76O8/c1-3-5-7-8-9-10-11-12-13-14-15-16-17-18-19-20-25-29-42(48)50-35-37(34-44)51-43(49)30-26-22-21-24-28-38-39(41(47)33-40(38)46)32-31-36(45)27-23-6-4-2/h21,24,31-32,36-39,41,44-45,47H,3-20,22-23,25-30,33-35H2,1-2H3/b24-21-,32-31+/t36-,37-,38+,39+,41+/m0/s1. The molecule has 0 saturated heterocycles. The van der Waals surface area contributed by atoms with E-state index in [1.807, 2.05) is 12.2 Å². The van der Waals surface area contributed by atoms with Gasteiger partial charge in [-0.3, -0.25) is 14.4 Å². The minimum absolute atomic E-state index is 0.0295. The second kappa shape index (κ2) is 32.6. The fraction of sp³-hybridized carbons (Fsp3) is 0.837. The first-order valence-corrected chi connectivity index (χ1v) is 21.0. The summed E-state index contributed by atoms with van der Waals surface area (Å²) in [5.74, 6) is -1.38. The molecule has 5 atom stereocenters. The molecule has 0 aliphatic heterocycles. The molecule has 8 heteroatoms. The molecular formula is C43H76O8. The first-order chi connectivity index (χ1) is 24.8. The van der Waals surface area contributed by atoms with Crippen LogP contribution in [-0.2, 0) is 23.9 Å². The van der Waals surface area contributed by atoms with Crippen molar-refractivity contribution in [2.24, 2.45) is 11.8 Å². The second-order valence-electron chi connectivity index (χ2n) is 14.9. The van der Waals surface area contributed by atoms with Crippen molar-refractivity contribution in [2.45, 2.75) is 206 Å². The first-order valence-electron chi connectivity index (χ1n) is 21.0. The van der Waals surface area contributed by atoms with E-state index in [9.17, 15) is 29.7 Å². The molecule has 0 aromatic heterocycles. The number of Topliss-reactive ketones (excluding diaryl/α,β-unsaturated/α-hetero) is 1. The van der Waals surface area contributed by atoms with Crippen LogP contribution in [-0.4, -0.2) is 64.6 Å². The molecule has 1 rings (SSSR count). The third kappa shape index (κ3) is 25.6. The van der Waals surface area contributed by atoms with Crippen molar-refractivity contribution in [3.05, 3.63) is 24.3 Å². The van der Waals surface area contributed by atoms with Gasteiger partial charge in [-0.2, -0.15) is 0 Å². The Morgan fingerprint density at radius 3 is 1.84 bits per heavy atom. The lowest BCUT2D eigenvalue weighted by Crippen LogP contribution is -2.28. The average Bonchev–Trinajstić information content (AvgIpc) is 3.39. The van der Waals surface area contributed by atoms with E-state index in [0.717, 1.165) is 38.5 Å². The Kier molecular flexibility index (Phi) is 30.0. The number of esters is 2. The number of aliphatic hydroxyl groups is 3. The molecule has 3 N–H and O–H groups in total. The maximum absolute atomic E-state index is 12.5. The van der Waals surface area contributed by atoms with Crippen LogP contribution in [0.5, 0.6) is 0 Å². The zero-order chi connectivity index (χ0) is 37.4. The molecule has 0 bridgehead atoms. The van der Waals surface area contributed by atoms with Gasteiger partial charge in [0.25, 0.3) is 0 Å². The Morgan fingerprint density at radius 1 is 0.745 bits per heavy atom. The van der Waals surface area contributed by atoms with Crippen LogP contribution in [0.3, 0.4) is 0 Å². The van der Waals surface area contributed by atoms with E-state index in [1.165, 1.54) is 89.9 Å². The van der Waals surface area contributed by atoms with Crippen molar-refractivity contribution in [1.29, 1.82) is 0 Å². The topological polar surface area (TPSA) is 130 Å². The molecule has 0 radical (unpaired) electrons. The third-order valence-corrected chi connectivity index (χ3v) is 10.1. The Hall–Kier alpha value is -2.03. The van der Waals surface area contributed by atoms with Crippen molar-refractivity contribution in [3.63, 3.8) is 0 Å². The highest BCUT2D eigenvalue weighted by atomic mass is 16.6. The summed E-state index contributed by atoms with van der Waals surface area (Å²) in [6.07, 6.45) is 33.1. The van der Waals surface area contributed by atoms with Crippen LogP contribution in [0, 0.1) is 11.8 Å². The van der Waals surface area contributed by atoms with Gasteiger partial charge in [-0.1, -0.05) is 160 Å². The number of unbranched alkanes of at least 4 members (excludes halogenated alkanes) is 19. The fourth-order valence-corrected chi connectivity index (χ4v) is 6.83. The van der Waals surface area contributed by atoms with Crippen LogP contribution in [0.2, 0.25) is 0 Å². The van der Waals surface area contributed by atoms with Gasteiger partial charge in [-0.05, 0) is 32.1 Å². The van der Waals surface area contributed by atoms with Crippen LogP contribution in [0.4, 0.5) is 0 Å². The van der Waals surface area contributed by atoms with Crippen LogP contribution >= 0.6 is 0 Å². The Labute approximate surface area is 311 Å². The maximum atomic E-state index is 12.5. The zero-order valence-electron chi connectivity index (χ0n) is 32.6. The van der Waals surface area contributed by atoms with E-state index >= 15 is 0 Å². The summed E-state index contributed by atoms with van der Waals surface area (Å²) in [4.78, 5) is 36.9. The molecule has 8 nitrogen and oxygen atoms in total. The van der Waals surface area contributed by atoms with Crippen molar-refractivity contribution in [2.75, 3.05) is 13.2 Å². The van der Waals surface area contributed by atoms with Gasteiger partial charge >= 0.3 is 11.9 Å². The van der Waals surface area contributed by atoms with Gasteiger partial charge in [-0.25, -0.2) is 0 Å². The summed E-state index contributed by atoms with van der Waals surface area (Å²) >= 11 is 0. The molecule has 0 heterocycles. The van der Waals surface area contributed by atoms with Gasteiger partial charge in [0.2, 0.25) is 0 Å². The van der Waals surface area contributed by atoms with Gasteiger partial charge in [0.1, 0.15) is 12.4 Å². The quantitative estimate of drug-likeness (QED) is 0.0340. The highest BCUT2D eigenvalue weighted by Crippen LogP contribution is 2.33. The SMILES string of the molecule is CCCCCCCCCCCCCCCCCCCC(=O)OC[C@H](CO)OC(=O)CCC/C=C\C[C@H]1C(=O)C[C@@H](O)[C@@H]1/C=C/[C@@H](O)CCCCC. The molecular weight excluding hydrogens is 644 g/mol. The molecule has 0 amide bonds. The summed E-state index contributed by atoms with van der Waals surface area (Å²) in [6, 6.07) is 0. The van der Waals surface area contributed by atoms with Crippen LogP contribution in [0.25, 0.3) is 0 Å². The Balaban J connectivity index is 2.08. The predicted molar refractivity (Wildman–Crippen MR) is 206 cm³/mol. The van der Waals surface area contributed by atoms with E-state index in [1.54, 1.807) is 12.2 Å². The number of hydrogen-bond acceptors (Lipinski definition) is 8. The Morgan fingerprint density at radius 2 is 1.27 bits per heavy atom. The first kappa shape index (κ1) is 47.0. The van der Waals surface area contributed by atoms with Crippen molar-refractivity contribution >= 4 is 17.7 Å². The Bertz CT molecular complexity index is 931. The zero-order valence-corrected chi connectivity index (χ0v) is 32.6. The van der Waals surface area contributed by atoms with Gasteiger partial charge in [0.15, 0.2) is 6.10 Å². The van der Waals surface area contributed by atoms with Crippen molar-refractivity contribution in [1.82, 2.24) is 0 Å². The normalized spacial score (nSPS) is 18.9. The lowest BCUT2D eigenvalue weighted by Gasteiger charge is -2.16. The third-order valence-electron chi connectivity index (χ3n) is 10.1. The van der Waals surface area contributed by atoms with Gasteiger partial charge in [0, 0.05) is 31.1 Å². The number of ketones is 1. The maximum Gasteiger partial charge on any atom is 0.306 e. The summed E-state index contributed by atoms with van der Waals surface area (Å²) in [5, 5.41) is 30.2. The summed E-state index contributed by atoms with van der Waals surface area (Å²) in [7, 11) is 0. The number of carbonyl (C=O) groups excluding carboxylic acids is 3.